The molecule has 18 heavy (non-hydrogen) atoms. The van der Waals surface area contributed by atoms with E-state index in [9.17, 15) is 9.18 Å². The number of hydrogen-bond donors (Lipinski definition) is 1. The second kappa shape index (κ2) is 8.21. The molecule has 0 heterocycles. The Labute approximate surface area is 115 Å². The molecule has 0 aromatic heterocycles. The van der Waals surface area contributed by atoms with Crippen LogP contribution < -0.4 is 5.32 Å². The minimum absolute atomic E-state index is 0.0788. The molecular formula is C13H17BrFNO2. The third-order valence-corrected chi connectivity index (χ3v) is 2.98. The number of benzene rings is 1. The van der Waals surface area contributed by atoms with Crippen LogP contribution in [0.15, 0.2) is 22.7 Å². The van der Waals surface area contributed by atoms with Gasteiger partial charge in [-0.05, 0) is 37.5 Å². The van der Waals surface area contributed by atoms with Crippen molar-refractivity contribution in [3.05, 3.63) is 34.1 Å². The summed E-state index contributed by atoms with van der Waals surface area (Å²) in [6, 6.07) is 4.41. The van der Waals surface area contributed by atoms with Gasteiger partial charge in [-0.2, -0.15) is 0 Å². The molecule has 100 valence electrons. The number of ether oxygens (including phenoxy) is 1. The highest BCUT2D eigenvalue weighted by Crippen LogP contribution is 2.15. The Kier molecular flexibility index (Phi) is 6.90. The van der Waals surface area contributed by atoms with E-state index < -0.39 is 5.82 Å². The van der Waals surface area contributed by atoms with Crippen LogP contribution in [0.3, 0.4) is 0 Å². The second-order valence-corrected chi connectivity index (χ2v) is 4.85. The van der Waals surface area contributed by atoms with E-state index in [0.717, 1.165) is 25.9 Å². The number of unbranched alkanes of at least 4 members (excludes halogenated alkanes) is 2. The Morgan fingerprint density at radius 2 is 2.17 bits per heavy atom. The molecule has 1 amide bonds. The second-order valence-electron chi connectivity index (χ2n) is 3.93. The van der Waals surface area contributed by atoms with Gasteiger partial charge in [-0.25, -0.2) is 4.39 Å². The summed E-state index contributed by atoms with van der Waals surface area (Å²) in [6.07, 6.45) is 2.82. The molecule has 3 nitrogen and oxygen atoms in total. The van der Waals surface area contributed by atoms with E-state index in [1.807, 2.05) is 0 Å². The molecule has 1 rings (SSSR count). The van der Waals surface area contributed by atoms with E-state index in [2.05, 4.69) is 21.2 Å². The molecule has 0 aliphatic heterocycles. The lowest BCUT2D eigenvalue weighted by molar-refractivity contribution is 0.0948. The van der Waals surface area contributed by atoms with Crippen LogP contribution in [0.1, 0.15) is 29.6 Å². The van der Waals surface area contributed by atoms with Gasteiger partial charge in [0.2, 0.25) is 0 Å². The van der Waals surface area contributed by atoms with Crippen LogP contribution in [0.2, 0.25) is 0 Å². The summed E-state index contributed by atoms with van der Waals surface area (Å²) < 4.78 is 19.0. The van der Waals surface area contributed by atoms with Gasteiger partial charge in [0, 0.05) is 24.7 Å². The average Bonchev–Trinajstić information content (AvgIpc) is 2.33. The molecular weight excluding hydrogens is 301 g/mol. The molecule has 1 aromatic carbocycles. The molecule has 0 unspecified atom stereocenters. The van der Waals surface area contributed by atoms with E-state index in [-0.39, 0.29) is 11.5 Å². The summed E-state index contributed by atoms with van der Waals surface area (Å²) in [5, 5.41) is 2.70. The molecule has 0 spiro atoms. The van der Waals surface area contributed by atoms with Crippen LogP contribution in [-0.4, -0.2) is 26.2 Å². The summed E-state index contributed by atoms with van der Waals surface area (Å²) in [5.74, 6) is -0.881. The fraction of sp³-hybridized carbons (Fsp3) is 0.462. The molecule has 0 radical (unpaired) electrons. The van der Waals surface area contributed by atoms with Crippen molar-refractivity contribution in [1.82, 2.24) is 5.32 Å². The topological polar surface area (TPSA) is 38.3 Å². The lowest BCUT2D eigenvalue weighted by Gasteiger charge is -2.06. The standard InChI is InChI=1S/C13H17BrFNO2/c1-18-8-4-2-3-7-16-13(17)11-6-5-10(14)9-12(11)15/h5-6,9H,2-4,7-8H2,1H3,(H,16,17). The fourth-order valence-corrected chi connectivity index (χ4v) is 1.85. The van der Waals surface area contributed by atoms with Gasteiger partial charge in [0.15, 0.2) is 0 Å². The number of hydrogen-bond acceptors (Lipinski definition) is 2. The van der Waals surface area contributed by atoms with E-state index in [0.29, 0.717) is 11.0 Å². The number of carbonyl (C=O) groups is 1. The normalized spacial score (nSPS) is 10.4. The summed E-state index contributed by atoms with van der Waals surface area (Å²) in [5.41, 5.74) is 0.0788. The number of halogens is 2. The molecule has 0 saturated carbocycles. The third-order valence-electron chi connectivity index (χ3n) is 2.49. The van der Waals surface area contributed by atoms with Crippen LogP contribution >= 0.6 is 15.9 Å². The van der Waals surface area contributed by atoms with Gasteiger partial charge in [-0.1, -0.05) is 15.9 Å². The number of methoxy groups -OCH3 is 1. The Morgan fingerprint density at radius 1 is 1.39 bits per heavy atom. The maximum atomic E-state index is 13.5. The van der Waals surface area contributed by atoms with Crippen LogP contribution in [0.4, 0.5) is 4.39 Å². The van der Waals surface area contributed by atoms with Crippen molar-refractivity contribution in [3.8, 4) is 0 Å². The first-order valence-corrected chi connectivity index (χ1v) is 6.66. The van der Waals surface area contributed by atoms with Crippen molar-refractivity contribution in [3.63, 3.8) is 0 Å². The SMILES string of the molecule is COCCCCCNC(=O)c1ccc(Br)cc1F. The van der Waals surface area contributed by atoms with E-state index in [4.69, 9.17) is 4.74 Å². The zero-order valence-electron chi connectivity index (χ0n) is 10.3. The average molecular weight is 318 g/mol. The molecule has 0 fully saturated rings. The minimum Gasteiger partial charge on any atom is -0.385 e. The molecule has 0 atom stereocenters. The summed E-state index contributed by atoms with van der Waals surface area (Å²) in [7, 11) is 1.66. The fourth-order valence-electron chi connectivity index (χ4n) is 1.52. The predicted molar refractivity (Wildman–Crippen MR) is 72.2 cm³/mol. The van der Waals surface area contributed by atoms with Crippen molar-refractivity contribution < 1.29 is 13.9 Å². The number of rotatable bonds is 7. The molecule has 5 heteroatoms. The highest BCUT2D eigenvalue weighted by molar-refractivity contribution is 9.10. The zero-order valence-corrected chi connectivity index (χ0v) is 11.9. The summed E-state index contributed by atoms with van der Waals surface area (Å²) in [4.78, 5) is 11.7. The van der Waals surface area contributed by atoms with Crippen molar-refractivity contribution in [1.29, 1.82) is 0 Å². The predicted octanol–water partition coefficient (Wildman–Crippen LogP) is 3.13. The van der Waals surface area contributed by atoms with E-state index in [1.165, 1.54) is 12.1 Å². The van der Waals surface area contributed by atoms with Crippen LogP contribution in [0.5, 0.6) is 0 Å². The molecule has 0 bridgehead atoms. The van der Waals surface area contributed by atoms with Crippen molar-refractivity contribution in [2.45, 2.75) is 19.3 Å². The van der Waals surface area contributed by atoms with Gasteiger partial charge in [0.25, 0.3) is 5.91 Å². The van der Waals surface area contributed by atoms with Gasteiger partial charge in [0.05, 0.1) is 5.56 Å². The monoisotopic (exact) mass is 317 g/mol. The van der Waals surface area contributed by atoms with E-state index in [1.54, 1.807) is 13.2 Å². The summed E-state index contributed by atoms with van der Waals surface area (Å²) >= 11 is 3.15. The van der Waals surface area contributed by atoms with Gasteiger partial charge in [-0.15, -0.1) is 0 Å². The maximum Gasteiger partial charge on any atom is 0.254 e. The maximum absolute atomic E-state index is 13.5. The lowest BCUT2D eigenvalue weighted by Crippen LogP contribution is -2.25. The Balaban J connectivity index is 2.32. The Hall–Kier alpha value is -0.940. The Bertz CT molecular complexity index is 399. The first kappa shape index (κ1) is 15.1. The van der Waals surface area contributed by atoms with Crippen molar-refractivity contribution in [2.24, 2.45) is 0 Å². The van der Waals surface area contributed by atoms with Crippen molar-refractivity contribution >= 4 is 21.8 Å². The van der Waals surface area contributed by atoms with Crippen molar-refractivity contribution in [2.75, 3.05) is 20.3 Å². The van der Waals surface area contributed by atoms with Gasteiger partial charge < -0.3 is 10.1 Å². The molecule has 1 N–H and O–H groups in total. The quantitative estimate of drug-likeness (QED) is 0.785. The molecule has 0 saturated heterocycles. The van der Waals surface area contributed by atoms with Gasteiger partial charge >= 0.3 is 0 Å². The first-order valence-electron chi connectivity index (χ1n) is 5.87. The molecule has 0 aliphatic rings. The van der Waals surface area contributed by atoms with Gasteiger partial charge in [0.1, 0.15) is 5.82 Å². The zero-order chi connectivity index (χ0) is 13.4. The first-order chi connectivity index (χ1) is 8.65. The lowest BCUT2D eigenvalue weighted by atomic mass is 10.2. The van der Waals surface area contributed by atoms with Gasteiger partial charge in [-0.3, -0.25) is 4.79 Å². The Morgan fingerprint density at radius 3 is 2.83 bits per heavy atom. The smallest absolute Gasteiger partial charge is 0.254 e. The minimum atomic E-state index is -0.513. The highest BCUT2D eigenvalue weighted by Gasteiger charge is 2.10. The highest BCUT2D eigenvalue weighted by atomic mass is 79.9. The number of carbonyl (C=O) groups excluding carboxylic acids is 1. The van der Waals surface area contributed by atoms with E-state index >= 15 is 0 Å². The van der Waals surface area contributed by atoms with Crippen LogP contribution in [0, 0.1) is 5.82 Å². The van der Waals surface area contributed by atoms with Crippen LogP contribution in [0.25, 0.3) is 0 Å². The largest absolute Gasteiger partial charge is 0.385 e. The molecule has 0 aliphatic carbocycles. The number of amides is 1. The number of nitrogens with one attached hydrogen (secondary N) is 1. The molecule has 1 aromatic rings. The third kappa shape index (κ3) is 5.14. The summed E-state index contributed by atoms with van der Waals surface area (Å²) in [6.45, 7) is 1.29. The van der Waals surface area contributed by atoms with Crippen LogP contribution in [-0.2, 0) is 4.74 Å².